The van der Waals surface area contributed by atoms with Crippen LogP contribution in [0.3, 0.4) is 0 Å². The van der Waals surface area contributed by atoms with Gasteiger partial charge in [-0.3, -0.25) is 52.9 Å². The van der Waals surface area contributed by atoms with Crippen LogP contribution in [0.5, 0.6) is 0 Å². The predicted octanol–water partition coefficient (Wildman–Crippen LogP) is -3.08. The highest BCUT2D eigenvalue weighted by Gasteiger charge is 2.25. The van der Waals surface area contributed by atoms with Crippen molar-refractivity contribution in [1.82, 2.24) is 40.4 Å². The largest absolute Gasteiger partial charge is 0.696 e. The van der Waals surface area contributed by atoms with E-state index in [1.807, 2.05) is 6.92 Å². The van der Waals surface area contributed by atoms with Crippen molar-refractivity contribution in [2.24, 2.45) is 0 Å². The molecule has 26 nitrogen and oxygen atoms in total. The van der Waals surface area contributed by atoms with E-state index in [1.54, 1.807) is 19.6 Å². The van der Waals surface area contributed by atoms with Gasteiger partial charge < -0.3 is 55.3 Å². The smallest absolute Gasteiger partial charge is 0.480 e. The standard InChI is InChI=1S/C35H66N8O18P2/c1-2-57-18-19-59-21-20-58-17-5-8-37-35(52)29(6-3-4-7-36-30(44)22-43(27-60-62(53)54)28-61-63(55)56)38-31(45)23-39-9-11-40(24-32(46)47)13-15-42(26-34(50)51)16-14-41(12-10-39)25-33(48)49/h29,53-54H,2-28H2,1H3,(H6-,36,37,38,44,45,46,47,48,49,50,51,52,55,56)/p+1/t29-/m1/s1. The van der Waals surface area contributed by atoms with E-state index >= 15 is 0 Å². The van der Waals surface area contributed by atoms with E-state index in [-0.39, 0.29) is 105 Å². The lowest BCUT2D eigenvalue weighted by atomic mass is 10.1. The molecule has 0 aromatic rings. The van der Waals surface area contributed by atoms with E-state index in [2.05, 4.69) is 25.0 Å². The summed E-state index contributed by atoms with van der Waals surface area (Å²) in [6, 6.07) is -0.996. The summed E-state index contributed by atoms with van der Waals surface area (Å²) < 4.78 is 36.4. The van der Waals surface area contributed by atoms with Gasteiger partial charge in [0.2, 0.25) is 17.7 Å². The Hall–Kier alpha value is -3.17. The van der Waals surface area contributed by atoms with Crippen LogP contribution in [0.15, 0.2) is 0 Å². The molecule has 364 valence electrons. The van der Waals surface area contributed by atoms with E-state index in [1.165, 1.54) is 0 Å². The van der Waals surface area contributed by atoms with Crippen molar-refractivity contribution in [2.45, 2.75) is 38.6 Å². The number of carboxylic acid groups (broad SMARTS) is 3. The molecule has 0 radical (unpaired) electrons. The summed E-state index contributed by atoms with van der Waals surface area (Å²) in [6.45, 7) is 3.96. The second-order valence-electron chi connectivity index (χ2n) is 14.2. The number of carbonyl (C=O) groups is 6. The first kappa shape index (κ1) is 57.8. The van der Waals surface area contributed by atoms with Crippen LogP contribution in [-0.2, 0) is 56.6 Å². The molecule has 1 aliphatic rings. The number of nitrogens with one attached hydrogen (secondary N) is 3. The van der Waals surface area contributed by atoms with Crippen LogP contribution < -0.4 is 16.0 Å². The summed E-state index contributed by atoms with van der Waals surface area (Å²) in [5.74, 6) is -4.77. The highest BCUT2D eigenvalue weighted by molar-refractivity contribution is 7.39. The third-order valence-corrected chi connectivity index (χ3v) is 9.74. The van der Waals surface area contributed by atoms with Crippen molar-refractivity contribution < 1.29 is 86.6 Å². The number of unbranched alkanes of at least 4 members (excludes halogenated alkanes) is 1. The van der Waals surface area contributed by atoms with Crippen LogP contribution in [0.1, 0.15) is 32.6 Å². The van der Waals surface area contributed by atoms with Crippen molar-refractivity contribution in [3.63, 3.8) is 0 Å². The zero-order valence-corrected chi connectivity index (χ0v) is 37.7. The average Bonchev–Trinajstić information content (AvgIpc) is 3.20. The van der Waals surface area contributed by atoms with Gasteiger partial charge in [0.25, 0.3) is 0 Å². The van der Waals surface area contributed by atoms with Crippen molar-refractivity contribution in [2.75, 3.05) is 151 Å². The molecule has 0 aromatic heterocycles. The summed E-state index contributed by atoms with van der Waals surface area (Å²) in [6.07, 6.45) is 1.37. The molecule has 0 spiro atoms. The van der Waals surface area contributed by atoms with Gasteiger partial charge in [-0.1, -0.05) is 0 Å². The Balaban J connectivity index is 2.97. The van der Waals surface area contributed by atoms with E-state index in [0.717, 1.165) is 4.90 Å². The van der Waals surface area contributed by atoms with Crippen LogP contribution in [-0.4, -0.2) is 247 Å². The maximum Gasteiger partial charge on any atom is 0.696 e. The molecule has 0 bridgehead atoms. The molecule has 1 rings (SSSR count). The molecule has 9 N–H and O–H groups in total. The first-order valence-electron chi connectivity index (χ1n) is 20.5. The number of ether oxygens (including phenoxy) is 3. The zero-order valence-electron chi connectivity index (χ0n) is 35.9. The van der Waals surface area contributed by atoms with Crippen LogP contribution in [0, 0.1) is 0 Å². The predicted molar refractivity (Wildman–Crippen MR) is 223 cm³/mol. The van der Waals surface area contributed by atoms with E-state index < -0.39 is 72.0 Å². The highest BCUT2D eigenvalue weighted by Crippen LogP contribution is 2.24. The Morgan fingerprint density at radius 1 is 0.651 bits per heavy atom. The molecule has 0 aromatic carbocycles. The van der Waals surface area contributed by atoms with Crippen molar-refractivity contribution in [3.05, 3.63) is 0 Å². The number of nitrogens with zero attached hydrogens (tertiary/aromatic N) is 5. The normalized spacial score (nSPS) is 15.9. The number of hydrogen-bond donors (Lipinski definition) is 9. The molecular formula is C35H67N8O18P2+. The number of carboxylic acids is 3. The van der Waals surface area contributed by atoms with E-state index in [9.17, 15) is 48.7 Å². The molecule has 3 amide bonds. The second-order valence-corrected chi connectivity index (χ2v) is 15.7. The minimum Gasteiger partial charge on any atom is -0.480 e. The molecule has 1 aliphatic heterocycles. The lowest BCUT2D eigenvalue weighted by molar-refractivity contribution is -0.140. The Bertz CT molecular complexity index is 1330. The number of hydrogen-bond acceptors (Lipinski definition) is 19. The van der Waals surface area contributed by atoms with Crippen LogP contribution >= 0.6 is 16.9 Å². The number of carbonyl (C=O) groups excluding carboxylic acids is 3. The molecule has 63 heavy (non-hydrogen) atoms. The van der Waals surface area contributed by atoms with Crippen molar-refractivity contribution in [1.29, 1.82) is 0 Å². The first-order chi connectivity index (χ1) is 30.1. The van der Waals surface area contributed by atoms with Crippen LogP contribution in [0.25, 0.3) is 0 Å². The Morgan fingerprint density at radius 2 is 1.13 bits per heavy atom. The molecule has 2 atom stereocenters. The SMILES string of the molecule is CCOCCOCCOCCCNC(=O)[C@@H](CCCCNC(=O)CN(COP(O)O)CO[P+](=O)O)NC(=O)CN1CCN(CC(=O)O)CCN(CC(=O)O)CCN(CC(=O)O)CC1. The monoisotopic (exact) mass is 949 g/mol. The fraction of sp³-hybridized carbons (Fsp3) is 0.829. The molecule has 1 saturated heterocycles. The summed E-state index contributed by atoms with van der Waals surface area (Å²) in [4.78, 5) is 109. The van der Waals surface area contributed by atoms with Crippen molar-refractivity contribution in [3.8, 4) is 0 Å². The van der Waals surface area contributed by atoms with Gasteiger partial charge in [-0.25, -0.2) is 4.90 Å². The number of aliphatic carboxylic acids is 3. The Kier molecular flexibility index (Phi) is 33.1. The maximum atomic E-state index is 13.6. The summed E-state index contributed by atoms with van der Waals surface area (Å²) in [5, 5.41) is 36.7. The summed E-state index contributed by atoms with van der Waals surface area (Å²) in [7, 11) is -5.75. The van der Waals surface area contributed by atoms with Crippen molar-refractivity contribution >= 4 is 52.5 Å². The summed E-state index contributed by atoms with van der Waals surface area (Å²) >= 11 is 0. The molecular weight excluding hydrogens is 882 g/mol. The van der Waals surface area contributed by atoms with Gasteiger partial charge in [-0.05, 0) is 32.6 Å². The van der Waals surface area contributed by atoms with Gasteiger partial charge in [0.15, 0.2) is 6.73 Å². The minimum atomic E-state index is -2.99. The number of amides is 3. The molecule has 28 heteroatoms. The fourth-order valence-electron chi connectivity index (χ4n) is 5.94. The summed E-state index contributed by atoms with van der Waals surface area (Å²) in [5.41, 5.74) is 0. The lowest BCUT2D eigenvalue weighted by Gasteiger charge is -2.33. The Labute approximate surface area is 369 Å². The fourth-order valence-corrected chi connectivity index (χ4v) is 6.47. The van der Waals surface area contributed by atoms with Gasteiger partial charge in [0.1, 0.15) is 12.8 Å². The van der Waals surface area contributed by atoms with Gasteiger partial charge in [0.05, 0.1) is 59.2 Å². The van der Waals surface area contributed by atoms with Gasteiger partial charge in [-0.15, -0.1) is 9.42 Å². The second kappa shape index (κ2) is 36.1. The minimum absolute atomic E-state index is 0.145. The van der Waals surface area contributed by atoms with E-state index in [4.69, 9.17) is 28.9 Å². The highest BCUT2D eigenvalue weighted by atomic mass is 31.2. The Morgan fingerprint density at radius 3 is 1.60 bits per heavy atom. The quantitative estimate of drug-likeness (QED) is 0.0175. The third kappa shape index (κ3) is 33.0. The average molecular weight is 950 g/mol. The van der Waals surface area contributed by atoms with Gasteiger partial charge in [0, 0.05) is 83.2 Å². The molecule has 1 fully saturated rings. The topological polar surface area (TPSA) is 339 Å². The van der Waals surface area contributed by atoms with E-state index in [0.29, 0.717) is 58.9 Å². The maximum absolute atomic E-state index is 13.6. The number of rotatable bonds is 34. The lowest BCUT2D eigenvalue weighted by Crippen LogP contribution is -2.52. The van der Waals surface area contributed by atoms with Gasteiger partial charge in [-0.2, -0.15) is 0 Å². The molecule has 0 saturated carbocycles. The van der Waals surface area contributed by atoms with Crippen LogP contribution in [0.2, 0.25) is 0 Å². The van der Waals surface area contributed by atoms with Gasteiger partial charge >= 0.3 is 34.8 Å². The van der Waals surface area contributed by atoms with Crippen LogP contribution in [0.4, 0.5) is 0 Å². The molecule has 1 unspecified atom stereocenters. The molecule has 1 heterocycles. The first-order valence-corrected chi connectivity index (χ1v) is 22.8. The zero-order chi connectivity index (χ0) is 46.8. The third-order valence-electron chi connectivity index (χ3n) is 9.05. The molecule has 0 aliphatic carbocycles.